The van der Waals surface area contributed by atoms with Crippen LogP contribution >= 0.6 is 0 Å². The molecule has 2 aromatic rings. The molecule has 1 aromatic heterocycles. The molecule has 0 aliphatic carbocycles. The van der Waals surface area contributed by atoms with Crippen molar-refractivity contribution in [1.29, 1.82) is 0 Å². The Bertz CT molecular complexity index is 561. The smallest absolute Gasteiger partial charge is 0.339 e. The Balaban J connectivity index is 2.80. The zero-order valence-corrected chi connectivity index (χ0v) is 9.57. The van der Waals surface area contributed by atoms with Gasteiger partial charge in [0.25, 0.3) is 0 Å². The number of rotatable bonds is 1. The van der Waals surface area contributed by atoms with E-state index in [1.165, 1.54) is 7.11 Å². The van der Waals surface area contributed by atoms with E-state index in [1.807, 2.05) is 38.1 Å². The summed E-state index contributed by atoms with van der Waals surface area (Å²) in [6, 6.07) is 7.78. The molecule has 0 fully saturated rings. The number of aryl methyl sites for hydroxylation is 2. The molecule has 0 saturated heterocycles. The highest BCUT2D eigenvalue weighted by molar-refractivity contribution is 5.98. The van der Waals surface area contributed by atoms with Gasteiger partial charge in [0.15, 0.2) is 0 Å². The van der Waals surface area contributed by atoms with Crippen LogP contribution in [0.3, 0.4) is 0 Å². The topological polar surface area (TPSA) is 39.2 Å². The first-order chi connectivity index (χ1) is 7.65. The summed E-state index contributed by atoms with van der Waals surface area (Å²) in [5.41, 5.74) is 3.12. The number of benzene rings is 1. The number of aromatic nitrogens is 1. The van der Waals surface area contributed by atoms with Gasteiger partial charge in [0, 0.05) is 5.39 Å². The number of esters is 1. The van der Waals surface area contributed by atoms with Crippen LogP contribution < -0.4 is 0 Å². The second kappa shape index (κ2) is 3.93. The van der Waals surface area contributed by atoms with Crippen LogP contribution in [0.15, 0.2) is 24.3 Å². The lowest BCUT2D eigenvalue weighted by Crippen LogP contribution is -2.08. The predicted octanol–water partition coefficient (Wildman–Crippen LogP) is 2.64. The van der Waals surface area contributed by atoms with Crippen LogP contribution in [-0.4, -0.2) is 18.1 Å². The summed E-state index contributed by atoms with van der Waals surface area (Å²) >= 11 is 0. The van der Waals surface area contributed by atoms with Crippen molar-refractivity contribution in [3.05, 3.63) is 41.1 Å². The summed E-state index contributed by atoms with van der Waals surface area (Å²) in [5, 5.41) is 0.994. The van der Waals surface area contributed by atoms with E-state index < -0.39 is 0 Å². The van der Waals surface area contributed by atoms with Gasteiger partial charge in [-0.1, -0.05) is 18.2 Å². The van der Waals surface area contributed by atoms with Crippen LogP contribution in [-0.2, 0) is 4.74 Å². The summed E-state index contributed by atoms with van der Waals surface area (Å²) in [7, 11) is 1.39. The lowest BCUT2D eigenvalue weighted by atomic mass is 10.0. The third-order valence-corrected chi connectivity index (χ3v) is 2.72. The molecule has 0 amide bonds. The minimum atomic E-state index is -0.326. The Labute approximate surface area is 94.1 Å². The highest BCUT2D eigenvalue weighted by atomic mass is 16.5. The minimum absolute atomic E-state index is 0.326. The quantitative estimate of drug-likeness (QED) is 0.686. The molecule has 0 bridgehead atoms. The molecule has 3 heteroatoms. The molecule has 2 rings (SSSR count). The summed E-state index contributed by atoms with van der Waals surface area (Å²) in [6.07, 6.45) is 0. The minimum Gasteiger partial charge on any atom is -0.465 e. The SMILES string of the molecule is COC(=O)c1c(C)nc2ccccc2c1C. The van der Waals surface area contributed by atoms with Crippen LogP contribution in [0.25, 0.3) is 10.9 Å². The summed E-state index contributed by atoms with van der Waals surface area (Å²) in [5.74, 6) is -0.326. The summed E-state index contributed by atoms with van der Waals surface area (Å²) in [4.78, 5) is 16.0. The molecule has 0 N–H and O–H groups in total. The molecule has 0 atom stereocenters. The molecule has 16 heavy (non-hydrogen) atoms. The number of hydrogen-bond acceptors (Lipinski definition) is 3. The maximum atomic E-state index is 11.6. The van der Waals surface area contributed by atoms with E-state index in [-0.39, 0.29) is 5.97 Å². The van der Waals surface area contributed by atoms with Crippen molar-refractivity contribution >= 4 is 16.9 Å². The molecule has 0 saturated carbocycles. The van der Waals surface area contributed by atoms with Crippen molar-refractivity contribution in [3.63, 3.8) is 0 Å². The number of pyridine rings is 1. The van der Waals surface area contributed by atoms with Crippen LogP contribution in [0.1, 0.15) is 21.6 Å². The molecule has 0 spiro atoms. The van der Waals surface area contributed by atoms with Crippen LogP contribution in [0.4, 0.5) is 0 Å². The number of methoxy groups -OCH3 is 1. The van der Waals surface area contributed by atoms with Crippen molar-refractivity contribution in [2.24, 2.45) is 0 Å². The van der Waals surface area contributed by atoms with Crippen LogP contribution in [0.2, 0.25) is 0 Å². The van der Waals surface area contributed by atoms with Gasteiger partial charge in [-0.25, -0.2) is 4.79 Å². The van der Waals surface area contributed by atoms with E-state index in [0.29, 0.717) is 11.3 Å². The van der Waals surface area contributed by atoms with E-state index in [1.54, 1.807) is 0 Å². The Hall–Kier alpha value is -1.90. The number of fused-ring (bicyclic) bond motifs is 1. The number of ether oxygens (including phenoxy) is 1. The van der Waals surface area contributed by atoms with Gasteiger partial charge in [-0.05, 0) is 25.5 Å². The number of hydrogen-bond donors (Lipinski definition) is 0. The van der Waals surface area contributed by atoms with Crippen molar-refractivity contribution in [1.82, 2.24) is 4.98 Å². The molecule has 1 aromatic carbocycles. The second-order valence-electron chi connectivity index (χ2n) is 3.71. The number of para-hydroxylation sites is 1. The van der Waals surface area contributed by atoms with Gasteiger partial charge in [-0.3, -0.25) is 4.98 Å². The highest BCUT2D eigenvalue weighted by Gasteiger charge is 2.16. The van der Waals surface area contributed by atoms with Gasteiger partial charge in [0.05, 0.1) is 23.9 Å². The van der Waals surface area contributed by atoms with Gasteiger partial charge in [0.1, 0.15) is 0 Å². The van der Waals surface area contributed by atoms with Gasteiger partial charge < -0.3 is 4.74 Å². The largest absolute Gasteiger partial charge is 0.465 e. The number of nitrogens with zero attached hydrogens (tertiary/aromatic N) is 1. The second-order valence-corrected chi connectivity index (χ2v) is 3.71. The molecule has 1 heterocycles. The highest BCUT2D eigenvalue weighted by Crippen LogP contribution is 2.22. The number of carbonyl (C=O) groups excluding carboxylic acids is 1. The van der Waals surface area contributed by atoms with E-state index in [4.69, 9.17) is 4.74 Å². The maximum Gasteiger partial charge on any atom is 0.339 e. The van der Waals surface area contributed by atoms with Gasteiger partial charge >= 0.3 is 5.97 Å². The Morgan fingerprint density at radius 2 is 1.94 bits per heavy atom. The van der Waals surface area contributed by atoms with Gasteiger partial charge in [-0.15, -0.1) is 0 Å². The first-order valence-electron chi connectivity index (χ1n) is 5.09. The predicted molar refractivity (Wildman–Crippen MR) is 62.6 cm³/mol. The first kappa shape index (κ1) is 10.6. The van der Waals surface area contributed by atoms with E-state index in [9.17, 15) is 4.79 Å². The van der Waals surface area contributed by atoms with Crippen molar-refractivity contribution in [2.45, 2.75) is 13.8 Å². The molecule has 0 radical (unpaired) electrons. The monoisotopic (exact) mass is 215 g/mol. The van der Waals surface area contributed by atoms with Gasteiger partial charge in [0.2, 0.25) is 0 Å². The van der Waals surface area contributed by atoms with E-state index >= 15 is 0 Å². The third kappa shape index (κ3) is 1.54. The zero-order chi connectivity index (χ0) is 11.7. The summed E-state index contributed by atoms with van der Waals surface area (Å²) < 4.78 is 4.77. The Kier molecular flexibility index (Phi) is 2.60. The fourth-order valence-corrected chi connectivity index (χ4v) is 1.93. The van der Waals surface area contributed by atoms with Crippen molar-refractivity contribution < 1.29 is 9.53 Å². The van der Waals surface area contributed by atoms with Crippen LogP contribution in [0, 0.1) is 13.8 Å². The van der Waals surface area contributed by atoms with Crippen molar-refractivity contribution in [3.8, 4) is 0 Å². The maximum absolute atomic E-state index is 11.6. The van der Waals surface area contributed by atoms with E-state index in [2.05, 4.69) is 4.98 Å². The number of carbonyl (C=O) groups is 1. The van der Waals surface area contributed by atoms with Gasteiger partial charge in [-0.2, -0.15) is 0 Å². The lowest BCUT2D eigenvalue weighted by Gasteiger charge is -2.10. The normalized spacial score (nSPS) is 10.4. The summed E-state index contributed by atoms with van der Waals surface area (Å²) in [6.45, 7) is 3.74. The standard InChI is InChI=1S/C13H13NO2/c1-8-10-6-4-5-7-11(10)14-9(2)12(8)13(15)16-3/h4-7H,1-3H3. The average molecular weight is 215 g/mol. The molecule has 0 aliphatic heterocycles. The third-order valence-electron chi connectivity index (χ3n) is 2.72. The van der Waals surface area contributed by atoms with Crippen molar-refractivity contribution in [2.75, 3.05) is 7.11 Å². The first-order valence-corrected chi connectivity index (χ1v) is 5.09. The molecule has 0 aliphatic rings. The molecule has 3 nitrogen and oxygen atoms in total. The Morgan fingerprint density at radius 3 is 2.62 bits per heavy atom. The lowest BCUT2D eigenvalue weighted by molar-refractivity contribution is 0.0599. The zero-order valence-electron chi connectivity index (χ0n) is 9.57. The average Bonchev–Trinajstić information content (AvgIpc) is 2.28. The van der Waals surface area contributed by atoms with E-state index in [0.717, 1.165) is 16.5 Å². The molecular weight excluding hydrogens is 202 g/mol. The molecule has 0 unspecified atom stereocenters. The van der Waals surface area contributed by atoms with Crippen LogP contribution in [0.5, 0.6) is 0 Å². The molecular formula is C13H13NO2. The molecule has 82 valence electrons. The fourth-order valence-electron chi connectivity index (χ4n) is 1.93. The fraction of sp³-hybridized carbons (Fsp3) is 0.231. The Morgan fingerprint density at radius 1 is 1.25 bits per heavy atom.